The van der Waals surface area contributed by atoms with Crippen LogP contribution < -0.4 is 0 Å². The highest BCUT2D eigenvalue weighted by Gasteiger charge is 2.23. The van der Waals surface area contributed by atoms with Gasteiger partial charge in [-0.05, 0) is 37.3 Å². The fourth-order valence-corrected chi connectivity index (χ4v) is 3.12. The Morgan fingerprint density at radius 1 is 0.931 bits per heavy atom. The molecule has 2 aromatic carbocycles. The van der Waals surface area contributed by atoms with Crippen molar-refractivity contribution < 1.29 is 27.5 Å². The molecule has 146 valence electrons. The monoisotopic (exact) mass is 401 g/mol. The Bertz CT molecular complexity index is 1300. The van der Waals surface area contributed by atoms with E-state index >= 15 is 0 Å². The normalized spacial score (nSPS) is 11.2. The third-order valence-electron chi connectivity index (χ3n) is 4.39. The van der Waals surface area contributed by atoms with E-state index in [4.69, 9.17) is 0 Å². The van der Waals surface area contributed by atoms with Gasteiger partial charge in [0.2, 0.25) is 0 Å². The Balaban J connectivity index is 2.07. The molecule has 9 heteroatoms. The van der Waals surface area contributed by atoms with E-state index in [9.17, 15) is 27.5 Å². The van der Waals surface area contributed by atoms with Crippen LogP contribution in [0.2, 0.25) is 0 Å². The van der Waals surface area contributed by atoms with E-state index in [0.717, 1.165) is 28.8 Å². The van der Waals surface area contributed by atoms with Crippen molar-refractivity contribution in [3.05, 3.63) is 77.1 Å². The summed E-state index contributed by atoms with van der Waals surface area (Å²) in [7, 11) is 0. The second kappa shape index (κ2) is 6.69. The molecular formula is C20H11F4N3O2. The van der Waals surface area contributed by atoms with Crippen molar-refractivity contribution in [3.8, 4) is 22.4 Å². The predicted molar refractivity (Wildman–Crippen MR) is 95.4 cm³/mol. The zero-order valence-electron chi connectivity index (χ0n) is 14.8. The number of nitrogens with zero attached hydrogens (tertiary/aromatic N) is 3. The van der Waals surface area contributed by atoms with Crippen molar-refractivity contribution in [2.75, 3.05) is 0 Å². The van der Waals surface area contributed by atoms with Gasteiger partial charge in [0.25, 0.3) is 0 Å². The van der Waals surface area contributed by atoms with Crippen LogP contribution in [0.4, 0.5) is 17.6 Å². The minimum atomic E-state index is -1.38. The van der Waals surface area contributed by atoms with Crippen molar-refractivity contribution in [2.45, 2.75) is 6.92 Å². The van der Waals surface area contributed by atoms with Crippen LogP contribution in [-0.2, 0) is 0 Å². The van der Waals surface area contributed by atoms with Crippen LogP contribution in [0.5, 0.6) is 0 Å². The molecule has 0 aliphatic heterocycles. The lowest BCUT2D eigenvalue weighted by Gasteiger charge is -2.08. The number of fused-ring (bicyclic) bond motifs is 1. The molecule has 0 fully saturated rings. The average molecular weight is 401 g/mol. The highest BCUT2D eigenvalue weighted by molar-refractivity contribution is 5.90. The standard InChI is InChI=1S/C20H11F4N3O2/c1-9-18(13-5-3-11(22)7-15(13)24)19-25-16(8-17(20(28)29)27(19)26-9)12-4-2-10(21)6-14(12)23/h2-8H,1H3,(H,28,29). The predicted octanol–water partition coefficient (Wildman–Crippen LogP) is 4.63. The van der Waals surface area contributed by atoms with Gasteiger partial charge in [-0.15, -0.1) is 0 Å². The van der Waals surface area contributed by atoms with Crippen LogP contribution in [0.3, 0.4) is 0 Å². The molecule has 5 nitrogen and oxygen atoms in total. The quantitative estimate of drug-likeness (QED) is 0.509. The highest BCUT2D eigenvalue weighted by Crippen LogP contribution is 2.32. The number of hydrogen-bond donors (Lipinski definition) is 1. The van der Waals surface area contributed by atoms with Crippen LogP contribution in [-0.4, -0.2) is 25.7 Å². The van der Waals surface area contributed by atoms with Crippen molar-refractivity contribution in [2.24, 2.45) is 0 Å². The van der Waals surface area contributed by atoms with Gasteiger partial charge in [0.15, 0.2) is 11.3 Å². The summed E-state index contributed by atoms with van der Waals surface area (Å²) >= 11 is 0. The van der Waals surface area contributed by atoms with E-state index in [1.165, 1.54) is 13.0 Å². The molecule has 1 N–H and O–H groups in total. The first-order valence-corrected chi connectivity index (χ1v) is 8.31. The first kappa shape index (κ1) is 18.6. The Morgan fingerprint density at radius 2 is 1.52 bits per heavy atom. The summed E-state index contributed by atoms with van der Waals surface area (Å²) in [5.41, 5.74) is -0.329. The number of carbonyl (C=O) groups is 1. The lowest BCUT2D eigenvalue weighted by molar-refractivity contribution is 0.0687. The molecule has 0 saturated heterocycles. The van der Waals surface area contributed by atoms with E-state index in [2.05, 4.69) is 10.1 Å². The molecule has 0 amide bonds. The van der Waals surface area contributed by atoms with E-state index in [1.807, 2.05) is 0 Å². The minimum Gasteiger partial charge on any atom is -0.477 e. The second-order valence-corrected chi connectivity index (χ2v) is 6.28. The summed E-state index contributed by atoms with van der Waals surface area (Å²) in [5.74, 6) is -4.80. The Kier molecular flexibility index (Phi) is 4.30. The van der Waals surface area contributed by atoms with Gasteiger partial charge in [0, 0.05) is 23.3 Å². The van der Waals surface area contributed by atoms with Gasteiger partial charge in [-0.1, -0.05) is 0 Å². The van der Waals surface area contributed by atoms with E-state index < -0.39 is 29.2 Å². The fourth-order valence-electron chi connectivity index (χ4n) is 3.12. The van der Waals surface area contributed by atoms with Crippen molar-refractivity contribution >= 4 is 11.6 Å². The molecule has 0 spiro atoms. The maximum Gasteiger partial charge on any atom is 0.354 e. The topological polar surface area (TPSA) is 67.5 Å². The van der Waals surface area contributed by atoms with Gasteiger partial charge in [0.1, 0.15) is 23.3 Å². The summed E-state index contributed by atoms with van der Waals surface area (Å²) in [4.78, 5) is 16.0. The Labute approximate surface area is 160 Å². The number of carboxylic acid groups (broad SMARTS) is 1. The minimum absolute atomic E-state index is 0.0422. The molecule has 2 heterocycles. The van der Waals surface area contributed by atoms with Crippen molar-refractivity contribution in [3.63, 3.8) is 0 Å². The number of benzene rings is 2. The molecule has 29 heavy (non-hydrogen) atoms. The molecule has 0 saturated carbocycles. The molecule has 0 radical (unpaired) electrons. The Morgan fingerprint density at radius 3 is 2.07 bits per heavy atom. The van der Waals surface area contributed by atoms with Crippen molar-refractivity contribution in [1.82, 2.24) is 14.6 Å². The lowest BCUT2D eigenvalue weighted by Crippen LogP contribution is -2.08. The lowest BCUT2D eigenvalue weighted by atomic mass is 10.0. The fraction of sp³-hybridized carbons (Fsp3) is 0.0500. The van der Waals surface area contributed by atoms with E-state index in [-0.39, 0.29) is 39.4 Å². The highest BCUT2D eigenvalue weighted by atomic mass is 19.1. The summed E-state index contributed by atoms with van der Waals surface area (Å²) in [6, 6.07) is 6.76. The van der Waals surface area contributed by atoms with Crippen LogP contribution in [0.25, 0.3) is 28.0 Å². The summed E-state index contributed by atoms with van der Waals surface area (Å²) < 4.78 is 56.2. The second-order valence-electron chi connectivity index (χ2n) is 6.28. The molecule has 0 unspecified atom stereocenters. The molecule has 0 aliphatic carbocycles. The number of aromatic nitrogens is 3. The number of aromatic carboxylic acids is 1. The van der Waals surface area contributed by atoms with Crippen LogP contribution in [0, 0.1) is 30.2 Å². The molecule has 4 aromatic rings. The number of halogens is 4. The van der Waals surface area contributed by atoms with Gasteiger partial charge in [-0.3, -0.25) is 0 Å². The smallest absolute Gasteiger partial charge is 0.354 e. The van der Waals surface area contributed by atoms with Gasteiger partial charge < -0.3 is 5.11 Å². The number of carboxylic acids is 1. The Hall–Kier alpha value is -3.75. The SMILES string of the molecule is Cc1nn2c(C(=O)O)cc(-c3ccc(F)cc3F)nc2c1-c1ccc(F)cc1F. The summed E-state index contributed by atoms with van der Waals surface area (Å²) in [6.07, 6.45) is 0. The van der Waals surface area contributed by atoms with E-state index in [1.54, 1.807) is 0 Å². The third-order valence-corrected chi connectivity index (χ3v) is 4.39. The van der Waals surface area contributed by atoms with E-state index in [0.29, 0.717) is 12.1 Å². The maximum atomic E-state index is 14.4. The average Bonchev–Trinajstić information content (AvgIpc) is 2.96. The first-order chi connectivity index (χ1) is 13.8. The molecule has 0 bridgehead atoms. The van der Waals surface area contributed by atoms with Gasteiger partial charge in [-0.2, -0.15) is 5.10 Å². The molecule has 2 aromatic heterocycles. The van der Waals surface area contributed by atoms with Crippen LogP contribution >= 0.6 is 0 Å². The van der Waals surface area contributed by atoms with Gasteiger partial charge >= 0.3 is 5.97 Å². The van der Waals surface area contributed by atoms with Crippen LogP contribution in [0.15, 0.2) is 42.5 Å². The zero-order valence-corrected chi connectivity index (χ0v) is 14.8. The summed E-state index contributed by atoms with van der Waals surface area (Å²) in [6.45, 7) is 1.51. The molecular weight excluding hydrogens is 390 g/mol. The molecule has 4 rings (SSSR count). The van der Waals surface area contributed by atoms with Crippen molar-refractivity contribution in [1.29, 1.82) is 0 Å². The van der Waals surface area contributed by atoms with Crippen LogP contribution in [0.1, 0.15) is 16.2 Å². The van der Waals surface area contributed by atoms with Gasteiger partial charge in [0.05, 0.1) is 17.0 Å². The number of hydrogen-bond acceptors (Lipinski definition) is 3. The number of rotatable bonds is 3. The van der Waals surface area contributed by atoms with Gasteiger partial charge in [-0.25, -0.2) is 31.9 Å². The number of aryl methyl sites for hydroxylation is 1. The third kappa shape index (κ3) is 3.10. The molecule has 0 atom stereocenters. The maximum absolute atomic E-state index is 14.4. The first-order valence-electron chi connectivity index (χ1n) is 8.31. The largest absolute Gasteiger partial charge is 0.477 e. The summed E-state index contributed by atoms with van der Waals surface area (Å²) in [5, 5.41) is 13.7. The molecule has 0 aliphatic rings. The zero-order chi connectivity index (χ0) is 20.9.